The largest absolute Gasteiger partial charge is 0.472 e. The van der Waals surface area contributed by atoms with Gasteiger partial charge < -0.3 is 19.0 Å². The van der Waals surface area contributed by atoms with Crippen LogP contribution >= 0.6 is 0 Å². The number of carbonyl (C=O) groups is 1. The minimum Gasteiger partial charge on any atom is -0.472 e. The predicted octanol–water partition coefficient (Wildman–Crippen LogP) is 3.17. The van der Waals surface area contributed by atoms with Crippen LogP contribution in [0.5, 0.6) is 0 Å². The number of likely N-dealkylation sites (tertiary alicyclic amines) is 1. The molecule has 3 heterocycles. The van der Waals surface area contributed by atoms with Gasteiger partial charge in [0.25, 0.3) is 5.91 Å². The van der Waals surface area contributed by atoms with E-state index >= 15 is 0 Å². The molecule has 24 heavy (non-hydrogen) atoms. The molecule has 0 saturated carbocycles. The van der Waals surface area contributed by atoms with Gasteiger partial charge in [0.15, 0.2) is 0 Å². The van der Waals surface area contributed by atoms with Gasteiger partial charge in [0, 0.05) is 25.8 Å². The van der Waals surface area contributed by atoms with Crippen molar-refractivity contribution in [3.63, 3.8) is 0 Å². The van der Waals surface area contributed by atoms with Crippen LogP contribution in [-0.4, -0.2) is 61.1 Å². The second kappa shape index (κ2) is 9.23. The summed E-state index contributed by atoms with van der Waals surface area (Å²) in [6.07, 6.45) is 11.4. The number of hydrogen-bond donors (Lipinski definition) is 0. The standard InChI is InChI=1S/C19H30N2O3/c22-19(17-6-13-24-16-17)21(18-7-14-23-15-8-18)12-5-11-20-9-3-1-2-4-10-20/h6,13,16,18H,1-5,7-12,14-15H2. The normalized spacial score (nSPS) is 20.7. The van der Waals surface area contributed by atoms with E-state index in [0.29, 0.717) is 11.6 Å². The third kappa shape index (κ3) is 4.84. The number of amides is 1. The summed E-state index contributed by atoms with van der Waals surface area (Å²) >= 11 is 0. The average Bonchev–Trinajstić information content (AvgIpc) is 3.04. The van der Waals surface area contributed by atoms with Crippen molar-refractivity contribution in [1.82, 2.24) is 9.80 Å². The van der Waals surface area contributed by atoms with E-state index in [1.54, 1.807) is 18.6 Å². The summed E-state index contributed by atoms with van der Waals surface area (Å²) in [5, 5.41) is 0. The maximum absolute atomic E-state index is 12.9. The first kappa shape index (κ1) is 17.5. The molecule has 0 atom stereocenters. The molecule has 2 fully saturated rings. The fourth-order valence-corrected chi connectivity index (χ4v) is 3.82. The van der Waals surface area contributed by atoms with Crippen molar-refractivity contribution in [1.29, 1.82) is 0 Å². The van der Waals surface area contributed by atoms with Crippen molar-refractivity contribution in [3.8, 4) is 0 Å². The van der Waals surface area contributed by atoms with Crippen LogP contribution < -0.4 is 0 Å². The zero-order chi connectivity index (χ0) is 16.6. The number of nitrogens with zero attached hydrogens (tertiary/aromatic N) is 2. The molecule has 0 aliphatic carbocycles. The molecule has 5 nitrogen and oxygen atoms in total. The van der Waals surface area contributed by atoms with E-state index < -0.39 is 0 Å². The lowest BCUT2D eigenvalue weighted by Crippen LogP contribution is -2.44. The molecular formula is C19H30N2O3. The van der Waals surface area contributed by atoms with Gasteiger partial charge in [-0.05, 0) is 57.8 Å². The molecule has 5 heteroatoms. The molecule has 0 spiro atoms. The number of rotatable bonds is 6. The summed E-state index contributed by atoms with van der Waals surface area (Å²) in [7, 11) is 0. The maximum Gasteiger partial charge on any atom is 0.257 e. The third-order valence-corrected chi connectivity index (χ3v) is 5.23. The fourth-order valence-electron chi connectivity index (χ4n) is 3.82. The Balaban J connectivity index is 1.56. The maximum atomic E-state index is 12.9. The van der Waals surface area contributed by atoms with E-state index in [4.69, 9.17) is 9.15 Å². The molecule has 3 rings (SSSR count). The Morgan fingerprint density at radius 2 is 1.92 bits per heavy atom. The van der Waals surface area contributed by atoms with E-state index in [0.717, 1.165) is 45.6 Å². The first-order valence-corrected chi connectivity index (χ1v) is 9.48. The van der Waals surface area contributed by atoms with Crippen LogP contribution in [0.1, 0.15) is 55.3 Å². The van der Waals surface area contributed by atoms with E-state index in [1.165, 1.54) is 38.8 Å². The number of hydrogen-bond acceptors (Lipinski definition) is 4. The Morgan fingerprint density at radius 3 is 2.58 bits per heavy atom. The van der Waals surface area contributed by atoms with Gasteiger partial charge in [0.2, 0.25) is 0 Å². The molecule has 1 aromatic heterocycles. The predicted molar refractivity (Wildman–Crippen MR) is 93.1 cm³/mol. The van der Waals surface area contributed by atoms with Gasteiger partial charge in [-0.15, -0.1) is 0 Å². The van der Waals surface area contributed by atoms with Crippen molar-refractivity contribution in [2.45, 2.75) is 51.0 Å². The molecule has 1 amide bonds. The fraction of sp³-hybridized carbons (Fsp3) is 0.737. The van der Waals surface area contributed by atoms with Crippen molar-refractivity contribution in [3.05, 3.63) is 24.2 Å². The minimum atomic E-state index is 0.103. The lowest BCUT2D eigenvalue weighted by molar-refractivity contribution is 0.0280. The first-order valence-electron chi connectivity index (χ1n) is 9.48. The Labute approximate surface area is 144 Å². The van der Waals surface area contributed by atoms with Gasteiger partial charge >= 0.3 is 0 Å². The van der Waals surface area contributed by atoms with Crippen LogP contribution in [0.25, 0.3) is 0 Å². The molecule has 0 aromatic carbocycles. The summed E-state index contributed by atoms with van der Waals surface area (Å²) in [6.45, 7) is 5.86. The quantitative estimate of drug-likeness (QED) is 0.802. The van der Waals surface area contributed by atoms with Gasteiger partial charge in [-0.3, -0.25) is 4.79 Å². The monoisotopic (exact) mass is 334 g/mol. The average molecular weight is 334 g/mol. The number of ether oxygens (including phenoxy) is 1. The van der Waals surface area contributed by atoms with Crippen molar-refractivity contribution >= 4 is 5.91 Å². The van der Waals surface area contributed by atoms with Crippen molar-refractivity contribution in [2.75, 3.05) is 39.4 Å². The van der Waals surface area contributed by atoms with Gasteiger partial charge in [-0.25, -0.2) is 0 Å². The van der Waals surface area contributed by atoms with Crippen molar-refractivity contribution < 1.29 is 13.9 Å². The highest BCUT2D eigenvalue weighted by molar-refractivity contribution is 5.94. The Hall–Kier alpha value is -1.33. The lowest BCUT2D eigenvalue weighted by Gasteiger charge is -2.34. The van der Waals surface area contributed by atoms with Crippen LogP contribution in [0.2, 0.25) is 0 Å². The van der Waals surface area contributed by atoms with Gasteiger partial charge in [-0.2, -0.15) is 0 Å². The highest BCUT2D eigenvalue weighted by Gasteiger charge is 2.27. The summed E-state index contributed by atoms with van der Waals surface area (Å²) < 4.78 is 10.6. The molecule has 2 aliphatic heterocycles. The highest BCUT2D eigenvalue weighted by atomic mass is 16.5. The van der Waals surface area contributed by atoms with E-state index in [-0.39, 0.29) is 5.91 Å². The molecule has 2 aliphatic rings. The summed E-state index contributed by atoms with van der Waals surface area (Å²) in [6, 6.07) is 2.06. The number of carbonyl (C=O) groups excluding carboxylic acids is 1. The van der Waals surface area contributed by atoms with Crippen molar-refractivity contribution in [2.24, 2.45) is 0 Å². The zero-order valence-corrected chi connectivity index (χ0v) is 14.6. The lowest BCUT2D eigenvalue weighted by atomic mass is 10.1. The molecule has 1 aromatic rings. The van der Waals surface area contributed by atoms with Crippen LogP contribution in [0, 0.1) is 0 Å². The Morgan fingerprint density at radius 1 is 1.17 bits per heavy atom. The zero-order valence-electron chi connectivity index (χ0n) is 14.6. The SMILES string of the molecule is O=C(c1ccoc1)N(CCCN1CCCCCC1)C1CCOCC1. The molecule has 0 bridgehead atoms. The molecule has 0 radical (unpaired) electrons. The summed E-state index contributed by atoms with van der Waals surface area (Å²) in [5.74, 6) is 0.103. The second-order valence-electron chi connectivity index (χ2n) is 6.96. The van der Waals surface area contributed by atoms with Crippen LogP contribution in [-0.2, 0) is 4.74 Å². The minimum absolute atomic E-state index is 0.103. The van der Waals surface area contributed by atoms with Crippen LogP contribution in [0.4, 0.5) is 0 Å². The van der Waals surface area contributed by atoms with Gasteiger partial charge in [-0.1, -0.05) is 12.8 Å². The highest BCUT2D eigenvalue weighted by Crippen LogP contribution is 2.19. The van der Waals surface area contributed by atoms with E-state index in [2.05, 4.69) is 9.80 Å². The molecule has 134 valence electrons. The molecular weight excluding hydrogens is 304 g/mol. The number of furan rings is 1. The Kier molecular flexibility index (Phi) is 6.73. The van der Waals surface area contributed by atoms with E-state index in [9.17, 15) is 4.79 Å². The molecule has 0 N–H and O–H groups in total. The van der Waals surface area contributed by atoms with Crippen LogP contribution in [0.3, 0.4) is 0 Å². The molecule has 2 saturated heterocycles. The summed E-state index contributed by atoms with van der Waals surface area (Å²) in [4.78, 5) is 17.5. The van der Waals surface area contributed by atoms with Crippen LogP contribution in [0.15, 0.2) is 23.0 Å². The second-order valence-corrected chi connectivity index (χ2v) is 6.96. The topological polar surface area (TPSA) is 45.9 Å². The summed E-state index contributed by atoms with van der Waals surface area (Å²) in [5.41, 5.74) is 0.663. The molecule has 0 unspecified atom stereocenters. The smallest absolute Gasteiger partial charge is 0.257 e. The Bertz CT molecular complexity index is 475. The third-order valence-electron chi connectivity index (χ3n) is 5.23. The first-order chi connectivity index (χ1) is 11.8. The van der Waals surface area contributed by atoms with Gasteiger partial charge in [0.05, 0.1) is 11.8 Å². The van der Waals surface area contributed by atoms with Gasteiger partial charge in [0.1, 0.15) is 6.26 Å². The van der Waals surface area contributed by atoms with E-state index in [1.807, 2.05) is 0 Å².